The first-order valence-corrected chi connectivity index (χ1v) is 9.92. The van der Waals surface area contributed by atoms with Crippen molar-refractivity contribution in [2.24, 2.45) is 0 Å². The number of rotatable bonds is 6. The Hall–Kier alpha value is -2.63. The van der Waals surface area contributed by atoms with E-state index in [1.807, 2.05) is 12.3 Å². The van der Waals surface area contributed by atoms with Gasteiger partial charge in [0.1, 0.15) is 12.0 Å². The van der Waals surface area contributed by atoms with Crippen molar-refractivity contribution in [1.29, 1.82) is 0 Å². The number of aromatic nitrogens is 4. The topological polar surface area (TPSA) is 75.7 Å². The first kappa shape index (κ1) is 17.8. The van der Waals surface area contributed by atoms with Crippen LogP contribution >= 0.6 is 0 Å². The van der Waals surface area contributed by atoms with Gasteiger partial charge in [0.05, 0.1) is 18.5 Å². The highest BCUT2D eigenvalue weighted by molar-refractivity contribution is 5.98. The van der Waals surface area contributed by atoms with Gasteiger partial charge in [-0.1, -0.05) is 32.6 Å². The third-order valence-electron chi connectivity index (χ3n) is 5.31. The van der Waals surface area contributed by atoms with Gasteiger partial charge < -0.3 is 15.0 Å². The molecule has 1 aliphatic rings. The molecule has 1 saturated carbocycles. The molecule has 1 aliphatic carbocycles. The molecule has 27 heavy (non-hydrogen) atoms. The van der Waals surface area contributed by atoms with Gasteiger partial charge in [-0.25, -0.2) is 15.0 Å². The molecule has 0 amide bonds. The fraction of sp³-hybridized carbons (Fsp3) is 0.476. The number of methoxy groups -OCH3 is 1. The van der Waals surface area contributed by atoms with Gasteiger partial charge in [0, 0.05) is 34.9 Å². The Bertz CT molecular complexity index is 914. The highest BCUT2D eigenvalue weighted by Crippen LogP contribution is 2.36. The predicted octanol–water partition coefficient (Wildman–Crippen LogP) is 4.73. The quantitative estimate of drug-likeness (QED) is 0.661. The maximum absolute atomic E-state index is 5.29. The Kier molecular flexibility index (Phi) is 5.23. The number of ether oxygens (including phenoxy) is 1. The minimum absolute atomic E-state index is 0.497. The van der Waals surface area contributed by atoms with Crippen LogP contribution in [0.5, 0.6) is 5.88 Å². The van der Waals surface area contributed by atoms with Gasteiger partial charge in [-0.2, -0.15) is 0 Å². The molecule has 0 bridgehead atoms. The lowest BCUT2D eigenvalue weighted by Gasteiger charge is -2.25. The van der Waals surface area contributed by atoms with Crippen LogP contribution in [-0.2, 0) is 6.42 Å². The first-order valence-electron chi connectivity index (χ1n) is 9.92. The van der Waals surface area contributed by atoms with Crippen molar-refractivity contribution in [3.63, 3.8) is 0 Å². The molecule has 3 aromatic heterocycles. The largest absolute Gasteiger partial charge is 0.481 e. The lowest BCUT2D eigenvalue weighted by molar-refractivity contribution is 0.397. The van der Waals surface area contributed by atoms with Crippen molar-refractivity contribution >= 4 is 16.7 Å². The summed E-state index contributed by atoms with van der Waals surface area (Å²) in [6.45, 7) is 2.19. The smallest absolute Gasteiger partial charge is 0.216 e. The van der Waals surface area contributed by atoms with Gasteiger partial charge in [-0.3, -0.25) is 0 Å². The molecule has 0 atom stereocenters. The molecule has 0 radical (unpaired) electrons. The normalized spacial score (nSPS) is 15.2. The number of hydrogen-bond donors (Lipinski definition) is 2. The van der Waals surface area contributed by atoms with Crippen LogP contribution in [0.25, 0.3) is 22.3 Å². The van der Waals surface area contributed by atoms with Crippen LogP contribution in [0.4, 0.5) is 5.69 Å². The highest BCUT2D eigenvalue weighted by Gasteiger charge is 2.19. The lowest BCUT2D eigenvalue weighted by Crippen LogP contribution is -2.22. The van der Waals surface area contributed by atoms with Gasteiger partial charge in [0.2, 0.25) is 5.88 Å². The molecule has 2 N–H and O–H groups in total. The van der Waals surface area contributed by atoms with E-state index in [9.17, 15) is 0 Å². The molecule has 0 spiro atoms. The number of aromatic amines is 1. The third kappa shape index (κ3) is 3.75. The number of hydrogen-bond acceptors (Lipinski definition) is 5. The maximum atomic E-state index is 5.29. The second kappa shape index (κ2) is 7.94. The third-order valence-corrected chi connectivity index (χ3v) is 5.31. The van der Waals surface area contributed by atoms with Crippen LogP contribution in [0.1, 0.15) is 51.1 Å². The van der Waals surface area contributed by atoms with Crippen LogP contribution in [0, 0.1) is 0 Å². The summed E-state index contributed by atoms with van der Waals surface area (Å²) in [6.07, 6.45) is 11.9. The van der Waals surface area contributed by atoms with Crippen LogP contribution in [0.15, 0.2) is 24.7 Å². The van der Waals surface area contributed by atoms with E-state index in [2.05, 4.69) is 38.2 Å². The van der Waals surface area contributed by atoms with Crippen molar-refractivity contribution in [2.45, 2.75) is 57.9 Å². The summed E-state index contributed by atoms with van der Waals surface area (Å²) in [5, 5.41) is 4.96. The Labute approximate surface area is 159 Å². The van der Waals surface area contributed by atoms with Crippen LogP contribution in [0.2, 0.25) is 0 Å². The molecule has 0 aliphatic heterocycles. The molecule has 1 fully saturated rings. The minimum Gasteiger partial charge on any atom is -0.481 e. The van der Waals surface area contributed by atoms with E-state index in [1.54, 1.807) is 13.4 Å². The number of pyridine rings is 1. The van der Waals surface area contributed by atoms with E-state index in [-0.39, 0.29) is 0 Å². The summed E-state index contributed by atoms with van der Waals surface area (Å²) >= 11 is 0. The number of fused-ring (bicyclic) bond motifs is 1. The molecule has 0 unspecified atom stereocenters. The fourth-order valence-electron chi connectivity index (χ4n) is 3.93. The van der Waals surface area contributed by atoms with Crippen molar-refractivity contribution in [1.82, 2.24) is 19.9 Å². The van der Waals surface area contributed by atoms with Gasteiger partial charge in [-0.05, 0) is 25.3 Å². The molecule has 0 saturated heterocycles. The van der Waals surface area contributed by atoms with Crippen LogP contribution < -0.4 is 10.1 Å². The molecular formula is C21H27N5O. The van der Waals surface area contributed by atoms with E-state index in [0.29, 0.717) is 11.9 Å². The maximum Gasteiger partial charge on any atom is 0.216 e. The van der Waals surface area contributed by atoms with Crippen LogP contribution in [0.3, 0.4) is 0 Å². The number of aryl methyl sites for hydroxylation is 1. The highest BCUT2D eigenvalue weighted by atomic mass is 16.5. The van der Waals surface area contributed by atoms with E-state index in [4.69, 9.17) is 4.74 Å². The average Bonchev–Trinajstić information content (AvgIpc) is 3.12. The first-order chi connectivity index (χ1) is 13.3. The Morgan fingerprint density at radius 2 is 2.00 bits per heavy atom. The van der Waals surface area contributed by atoms with Gasteiger partial charge in [0.25, 0.3) is 0 Å². The second-order valence-corrected chi connectivity index (χ2v) is 7.28. The van der Waals surface area contributed by atoms with E-state index >= 15 is 0 Å². The number of anilines is 1. The summed E-state index contributed by atoms with van der Waals surface area (Å²) in [7, 11) is 1.62. The Balaban J connectivity index is 1.81. The zero-order chi connectivity index (χ0) is 18.6. The molecule has 0 aromatic carbocycles. The number of nitrogens with one attached hydrogen (secondary N) is 2. The number of H-pyrrole nitrogens is 1. The van der Waals surface area contributed by atoms with Gasteiger partial charge in [-0.15, -0.1) is 0 Å². The lowest BCUT2D eigenvalue weighted by atomic mass is 9.94. The molecule has 6 nitrogen and oxygen atoms in total. The van der Waals surface area contributed by atoms with Crippen molar-refractivity contribution in [2.75, 3.05) is 12.4 Å². The number of nitrogens with zero attached hydrogens (tertiary/aromatic N) is 3. The monoisotopic (exact) mass is 365 g/mol. The van der Waals surface area contributed by atoms with Gasteiger partial charge in [0.15, 0.2) is 0 Å². The van der Waals surface area contributed by atoms with Crippen molar-refractivity contribution in [3.05, 3.63) is 30.4 Å². The zero-order valence-electron chi connectivity index (χ0n) is 16.1. The molecule has 4 rings (SSSR count). The summed E-state index contributed by atoms with van der Waals surface area (Å²) in [5.74, 6) is 0.560. The van der Waals surface area contributed by atoms with Crippen molar-refractivity contribution in [3.8, 4) is 17.1 Å². The Morgan fingerprint density at radius 3 is 2.78 bits per heavy atom. The Morgan fingerprint density at radius 1 is 1.15 bits per heavy atom. The van der Waals surface area contributed by atoms with E-state index < -0.39 is 0 Å². The summed E-state index contributed by atoms with van der Waals surface area (Å²) in [6, 6.07) is 4.60. The summed E-state index contributed by atoms with van der Waals surface area (Å²) in [5.41, 5.74) is 5.10. The van der Waals surface area contributed by atoms with Crippen molar-refractivity contribution < 1.29 is 4.74 Å². The molecule has 3 heterocycles. The SMILES string of the molecule is CCCc1cc2c(NC3CCCCC3)c(-c3cc(OC)ncn3)cnc2[nH]1. The summed E-state index contributed by atoms with van der Waals surface area (Å²) in [4.78, 5) is 16.8. The van der Waals surface area contributed by atoms with E-state index in [1.165, 1.54) is 37.8 Å². The fourth-order valence-corrected chi connectivity index (χ4v) is 3.93. The molecule has 142 valence electrons. The molecular weight excluding hydrogens is 338 g/mol. The standard InChI is InChI=1S/C21H27N5O/c1-3-7-15-10-16-20(25-14-8-5-4-6-9-14)17(12-22-21(16)26-15)18-11-19(27-2)24-13-23-18/h10-14H,3-9H2,1-2H3,(H2,22,25,26). The van der Waals surface area contributed by atoms with Crippen LogP contribution in [-0.4, -0.2) is 33.1 Å². The van der Waals surface area contributed by atoms with Gasteiger partial charge >= 0.3 is 0 Å². The minimum atomic E-state index is 0.497. The zero-order valence-corrected chi connectivity index (χ0v) is 16.1. The molecule has 6 heteroatoms. The average molecular weight is 365 g/mol. The summed E-state index contributed by atoms with van der Waals surface area (Å²) < 4.78 is 5.29. The molecule has 3 aromatic rings. The predicted molar refractivity (Wildman–Crippen MR) is 108 cm³/mol. The second-order valence-electron chi connectivity index (χ2n) is 7.28. The van der Waals surface area contributed by atoms with E-state index in [0.717, 1.165) is 40.8 Å².